The Morgan fingerprint density at radius 2 is 2.19 bits per heavy atom. The zero-order valence-corrected chi connectivity index (χ0v) is 12.1. The molecule has 0 amide bonds. The highest BCUT2D eigenvalue weighted by molar-refractivity contribution is 9.09. The van der Waals surface area contributed by atoms with Crippen molar-refractivity contribution in [2.75, 3.05) is 11.9 Å². The minimum Gasteiger partial charge on any atom is -0.492 e. The van der Waals surface area contributed by atoms with Crippen LogP contribution in [0, 0.1) is 12.8 Å². The van der Waals surface area contributed by atoms with Gasteiger partial charge in [-0.2, -0.15) is 0 Å². The molecule has 1 aromatic carbocycles. The third kappa shape index (κ3) is 4.34. The molecule has 1 nitrogen and oxygen atoms in total. The molecule has 0 saturated heterocycles. The number of alkyl halides is 1. The van der Waals surface area contributed by atoms with E-state index in [0.717, 1.165) is 23.2 Å². The zero-order valence-electron chi connectivity index (χ0n) is 9.80. The summed E-state index contributed by atoms with van der Waals surface area (Å²) in [5, 5.41) is 1.68. The van der Waals surface area contributed by atoms with E-state index < -0.39 is 0 Å². The molecule has 1 unspecified atom stereocenters. The van der Waals surface area contributed by atoms with E-state index in [0.29, 0.717) is 10.9 Å². The standard InChI is InChI=1S/C13H18BrClO/c1-3-4-11(8-14)9-16-13-6-5-10(2)7-12(13)15/h5-7,11H,3-4,8-9H2,1-2H3. The Morgan fingerprint density at radius 3 is 2.75 bits per heavy atom. The van der Waals surface area contributed by atoms with Crippen molar-refractivity contribution in [3.8, 4) is 5.75 Å². The number of hydrogen-bond donors (Lipinski definition) is 0. The monoisotopic (exact) mass is 304 g/mol. The van der Waals surface area contributed by atoms with E-state index in [1.807, 2.05) is 25.1 Å². The van der Waals surface area contributed by atoms with Gasteiger partial charge in [0, 0.05) is 11.2 Å². The van der Waals surface area contributed by atoms with Gasteiger partial charge in [-0.1, -0.05) is 46.9 Å². The van der Waals surface area contributed by atoms with Crippen LogP contribution in [0.4, 0.5) is 0 Å². The van der Waals surface area contributed by atoms with Crippen molar-refractivity contribution in [2.45, 2.75) is 26.7 Å². The zero-order chi connectivity index (χ0) is 12.0. The number of benzene rings is 1. The summed E-state index contributed by atoms with van der Waals surface area (Å²) in [6, 6.07) is 5.89. The lowest BCUT2D eigenvalue weighted by molar-refractivity contribution is 0.255. The van der Waals surface area contributed by atoms with Crippen LogP contribution in [0.15, 0.2) is 18.2 Å². The van der Waals surface area contributed by atoms with Crippen molar-refractivity contribution in [1.82, 2.24) is 0 Å². The molecule has 0 aromatic heterocycles. The van der Waals surface area contributed by atoms with E-state index in [4.69, 9.17) is 16.3 Å². The third-order valence-corrected chi connectivity index (χ3v) is 3.69. The van der Waals surface area contributed by atoms with Crippen LogP contribution in [-0.4, -0.2) is 11.9 Å². The van der Waals surface area contributed by atoms with Gasteiger partial charge < -0.3 is 4.74 Å². The van der Waals surface area contributed by atoms with Gasteiger partial charge in [0.1, 0.15) is 5.75 Å². The highest BCUT2D eigenvalue weighted by Gasteiger charge is 2.08. The molecule has 3 heteroatoms. The summed E-state index contributed by atoms with van der Waals surface area (Å²) < 4.78 is 5.74. The Bertz CT molecular complexity index is 328. The molecule has 90 valence electrons. The molecule has 1 rings (SSSR count). The van der Waals surface area contributed by atoms with Crippen LogP contribution >= 0.6 is 27.5 Å². The molecule has 1 atom stereocenters. The number of aryl methyl sites for hydroxylation is 1. The Labute approximate surface area is 111 Å². The van der Waals surface area contributed by atoms with E-state index in [-0.39, 0.29) is 0 Å². The lowest BCUT2D eigenvalue weighted by Gasteiger charge is -2.15. The Morgan fingerprint density at radius 1 is 1.44 bits per heavy atom. The van der Waals surface area contributed by atoms with Gasteiger partial charge in [0.15, 0.2) is 0 Å². The molecule has 0 N–H and O–H groups in total. The summed E-state index contributed by atoms with van der Waals surface area (Å²) >= 11 is 9.60. The first kappa shape index (κ1) is 13.9. The maximum Gasteiger partial charge on any atom is 0.137 e. The van der Waals surface area contributed by atoms with Gasteiger partial charge in [0.2, 0.25) is 0 Å². The molecule has 0 aliphatic carbocycles. The Balaban J connectivity index is 2.53. The van der Waals surface area contributed by atoms with Crippen molar-refractivity contribution in [3.05, 3.63) is 28.8 Å². The maximum atomic E-state index is 6.10. The second kappa shape index (κ2) is 7.18. The number of hydrogen-bond acceptors (Lipinski definition) is 1. The topological polar surface area (TPSA) is 9.23 Å². The first-order chi connectivity index (χ1) is 7.67. The molecular weight excluding hydrogens is 287 g/mol. The van der Waals surface area contributed by atoms with Crippen LogP contribution in [-0.2, 0) is 0 Å². The van der Waals surface area contributed by atoms with Gasteiger partial charge >= 0.3 is 0 Å². The smallest absolute Gasteiger partial charge is 0.137 e. The van der Waals surface area contributed by atoms with Crippen LogP contribution in [0.2, 0.25) is 5.02 Å². The SMILES string of the molecule is CCCC(CBr)COc1ccc(C)cc1Cl. The molecular formula is C13H18BrClO. The lowest BCUT2D eigenvalue weighted by Crippen LogP contribution is -2.13. The van der Waals surface area contributed by atoms with Gasteiger partial charge in [0.05, 0.1) is 11.6 Å². The molecule has 16 heavy (non-hydrogen) atoms. The molecule has 0 fully saturated rings. The van der Waals surface area contributed by atoms with Gasteiger partial charge in [-0.05, 0) is 31.0 Å². The molecule has 0 aliphatic heterocycles. The molecule has 0 aliphatic rings. The minimum absolute atomic E-state index is 0.558. The van der Waals surface area contributed by atoms with E-state index in [2.05, 4.69) is 22.9 Å². The summed E-state index contributed by atoms with van der Waals surface area (Å²) in [7, 11) is 0. The summed E-state index contributed by atoms with van der Waals surface area (Å²) in [6.45, 7) is 4.93. The fourth-order valence-electron chi connectivity index (χ4n) is 1.54. The van der Waals surface area contributed by atoms with Crippen LogP contribution in [0.5, 0.6) is 5.75 Å². The highest BCUT2D eigenvalue weighted by atomic mass is 79.9. The molecule has 1 aromatic rings. The first-order valence-corrected chi connectivity index (χ1v) is 7.12. The number of ether oxygens (including phenoxy) is 1. The van der Waals surface area contributed by atoms with Crippen molar-refractivity contribution < 1.29 is 4.74 Å². The summed E-state index contributed by atoms with van der Waals surface area (Å²) in [4.78, 5) is 0. The number of halogens is 2. The van der Waals surface area contributed by atoms with E-state index in [1.54, 1.807) is 0 Å². The van der Waals surface area contributed by atoms with Gasteiger partial charge in [-0.3, -0.25) is 0 Å². The summed E-state index contributed by atoms with van der Waals surface area (Å²) in [6.07, 6.45) is 2.36. The van der Waals surface area contributed by atoms with E-state index in [9.17, 15) is 0 Å². The molecule has 0 bridgehead atoms. The molecule has 0 heterocycles. The average Bonchev–Trinajstić information content (AvgIpc) is 2.26. The predicted molar refractivity (Wildman–Crippen MR) is 73.9 cm³/mol. The third-order valence-electron chi connectivity index (χ3n) is 2.48. The molecule has 0 radical (unpaired) electrons. The van der Waals surface area contributed by atoms with Crippen LogP contribution in [0.25, 0.3) is 0 Å². The fourth-order valence-corrected chi connectivity index (χ4v) is 2.34. The minimum atomic E-state index is 0.558. The summed E-state index contributed by atoms with van der Waals surface area (Å²) in [5.74, 6) is 1.34. The molecule has 0 saturated carbocycles. The van der Waals surface area contributed by atoms with Crippen LogP contribution in [0.3, 0.4) is 0 Å². The maximum absolute atomic E-state index is 6.10. The lowest BCUT2D eigenvalue weighted by atomic mass is 10.1. The van der Waals surface area contributed by atoms with Crippen molar-refractivity contribution in [3.63, 3.8) is 0 Å². The van der Waals surface area contributed by atoms with Crippen molar-refractivity contribution in [1.29, 1.82) is 0 Å². The predicted octanol–water partition coefficient (Wildman–Crippen LogP) is 4.84. The van der Waals surface area contributed by atoms with Crippen molar-refractivity contribution in [2.24, 2.45) is 5.92 Å². The quantitative estimate of drug-likeness (QED) is 0.683. The largest absolute Gasteiger partial charge is 0.492 e. The van der Waals surface area contributed by atoms with Gasteiger partial charge in [-0.25, -0.2) is 0 Å². The second-order valence-electron chi connectivity index (χ2n) is 4.05. The molecule has 0 spiro atoms. The highest BCUT2D eigenvalue weighted by Crippen LogP contribution is 2.26. The van der Waals surface area contributed by atoms with Gasteiger partial charge in [-0.15, -0.1) is 0 Å². The fraction of sp³-hybridized carbons (Fsp3) is 0.538. The van der Waals surface area contributed by atoms with Crippen LogP contribution in [0.1, 0.15) is 25.3 Å². The summed E-state index contributed by atoms with van der Waals surface area (Å²) in [5.41, 5.74) is 1.16. The van der Waals surface area contributed by atoms with E-state index in [1.165, 1.54) is 12.8 Å². The average molecular weight is 306 g/mol. The van der Waals surface area contributed by atoms with E-state index >= 15 is 0 Å². The Hall–Kier alpha value is -0.210. The number of rotatable bonds is 6. The normalized spacial score (nSPS) is 12.5. The second-order valence-corrected chi connectivity index (χ2v) is 5.11. The first-order valence-electron chi connectivity index (χ1n) is 5.62. The van der Waals surface area contributed by atoms with Crippen molar-refractivity contribution >= 4 is 27.5 Å². The van der Waals surface area contributed by atoms with Gasteiger partial charge in [0.25, 0.3) is 0 Å². The Kier molecular flexibility index (Phi) is 6.22. The van der Waals surface area contributed by atoms with Crippen LogP contribution < -0.4 is 4.74 Å².